The van der Waals surface area contributed by atoms with Crippen LogP contribution in [0.4, 0.5) is 5.82 Å². The second-order valence-corrected chi connectivity index (χ2v) is 8.76. The highest BCUT2D eigenvalue weighted by Crippen LogP contribution is 2.36. The van der Waals surface area contributed by atoms with Crippen LogP contribution in [0.25, 0.3) is 11.2 Å². The van der Waals surface area contributed by atoms with Crippen LogP contribution in [0.1, 0.15) is 17.4 Å². The second kappa shape index (κ2) is 10.2. The topological polar surface area (TPSA) is 152 Å². The van der Waals surface area contributed by atoms with E-state index < -0.39 is 42.5 Å². The quantitative estimate of drug-likeness (QED) is 0.255. The maximum Gasteiger partial charge on any atom is 0.322 e. The standard InChI is InChI=1S/C26H27N5O6/c1-36-25(35)26(16-8-4-2-5-9-16,17-10-6-3-7-11-17)13-27-22-19-23(29-14-28-22)31(15-30-19)24-21(34)20(33)18(12-32)37-24/h2-11,14-15,18,20-21,24,32-34H,12-13H2,1H3,(H,27,28,29)/t18-,20-,21-,24-/m1/s1. The summed E-state index contributed by atoms with van der Waals surface area (Å²) < 4.78 is 12.4. The zero-order valence-corrected chi connectivity index (χ0v) is 20.0. The molecule has 4 N–H and O–H groups in total. The van der Waals surface area contributed by atoms with Gasteiger partial charge in [0.1, 0.15) is 30.1 Å². The highest BCUT2D eigenvalue weighted by molar-refractivity contribution is 5.89. The lowest BCUT2D eigenvalue weighted by Crippen LogP contribution is -2.44. The number of aromatic nitrogens is 4. The van der Waals surface area contributed by atoms with E-state index in [0.717, 1.165) is 11.1 Å². The Bertz CT molecular complexity index is 1330. The van der Waals surface area contributed by atoms with E-state index in [9.17, 15) is 20.1 Å². The lowest BCUT2D eigenvalue weighted by Gasteiger charge is -2.32. The number of nitrogens with one attached hydrogen (secondary N) is 1. The van der Waals surface area contributed by atoms with E-state index in [2.05, 4.69) is 20.3 Å². The minimum absolute atomic E-state index is 0.0977. The van der Waals surface area contributed by atoms with E-state index >= 15 is 0 Å². The Kier molecular flexibility index (Phi) is 6.85. The predicted molar refractivity (Wildman–Crippen MR) is 133 cm³/mol. The number of rotatable bonds is 8. The average molecular weight is 506 g/mol. The van der Waals surface area contributed by atoms with Gasteiger partial charge in [-0.05, 0) is 11.1 Å². The molecule has 0 spiro atoms. The zero-order chi connectivity index (χ0) is 26.0. The molecular weight excluding hydrogens is 478 g/mol. The number of hydrogen-bond donors (Lipinski definition) is 4. The summed E-state index contributed by atoms with van der Waals surface area (Å²) >= 11 is 0. The Balaban J connectivity index is 1.53. The van der Waals surface area contributed by atoms with E-state index in [-0.39, 0.29) is 6.54 Å². The third-order valence-electron chi connectivity index (χ3n) is 6.74. The Labute approximate surface area is 212 Å². The van der Waals surface area contributed by atoms with E-state index in [1.807, 2.05) is 60.7 Å². The van der Waals surface area contributed by atoms with Gasteiger partial charge in [0.15, 0.2) is 23.2 Å². The van der Waals surface area contributed by atoms with Crippen molar-refractivity contribution in [1.29, 1.82) is 0 Å². The van der Waals surface area contributed by atoms with Crippen LogP contribution in [0.3, 0.4) is 0 Å². The summed E-state index contributed by atoms with van der Waals surface area (Å²) in [7, 11) is 1.36. The average Bonchev–Trinajstić information content (AvgIpc) is 3.50. The van der Waals surface area contributed by atoms with Gasteiger partial charge in [-0.3, -0.25) is 9.36 Å². The largest absolute Gasteiger partial charge is 0.468 e. The summed E-state index contributed by atoms with van der Waals surface area (Å²) in [6.45, 7) is -0.349. The number of hydrogen-bond acceptors (Lipinski definition) is 10. The smallest absolute Gasteiger partial charge is 0.322 e. The molecule has 2 aromatic heterocycles. The number of anilines is 1. The molecular formula is C26H27N5O6. The van der Waals surface area contributed by atoms with Gasteiger partial charge < -0.3 is 30.1 Å². The predicted octanol–water partition coefficient (Wildman–Crippen LogP) is 1.01. The van der Waals surface area contributed by atoms with Crippen molar-refractivity contribution in [3.63, 3.8) is 0 Å². The molecule has 3 heterocycles. The molecule has 1 saturated heterocycles. The number of carbonyl (C=O) groups is 1. The normalized spacial score (nSPS) is 21.7. The molecule has 2 aromatic carbocycles. The van der Waals surface area contributed by atoms with E-state index in [0.29, 0.717) is 17.0 Å². The molecule has 0 saturated carbocycles. The Hall–Kier alpha value is -3.90. The molecule has 1 aliphatic heterocycles. The van der Waals surface area contributed by atoms with Crippen molar-refractivity contribution in [2.24, 2.45) is 0 Å². The molecule has 0 radical (unpaired) electrons. The SMILES string of the molecule is COC(=O)C(CNc1ncnc2c1ncn2[C@@H]1O[C@H](CO)[C@@H](O)[C@H]1O)(c1ccccc1)c1ccccc1. The van der Waals surface area contributed by atoms with Gasteiger partial charge in [-0.25, -0.2) is 15.0 Å². The molecule has 4 aromatic rings. The minimum Gasteiger partial charge on any atom is -0.468 e. The van der Waals surface area contributed by atoms with Gasteiger partial charge in [0, 0.05) is 6.54 Å². The zero-order valence-electron chi connectivity index (χ0n) is 20.0. The number of nitrogens with zero attached hydrogens (tertiary/aromatic N) is 4. The van der Waals surface area contributed by atoms with Crippen molar-refractivity contribution in [3.8, 4) is 0 Å². The number of aliphatic hydroxyl groups is 3. The van der Waals surface area contributed by atoms with Crippen LogP contribution in [-0.4, -0.2) is 79.4 Å². The number of benzene rings is 2. The van der Waals surface area contributed by atoms with Gasteiger partial charge in [0.05, 0.1) is 20.0 Å². The van der Waals surface area contributed by atoms with Crippen molar-refractivity contribution in [2.45, 2.75) is 30.0 Å². The lowest BCUT2D eigenvalue weighted by molar-refractivity contribution is -0.145. The van der Waals surface area contributed by atoms with Crippen molar-refractivity contribution < 1.29 is 29.6 Å². The lowest BCUT2D eigenvalue weighted by atomic mass is 9.74. The van der Waals surface area contributed by atoms with Crippen LogP contribution in [0.5, 0.6) is 0 Å². The Morgan fingerprint density at radius 1 is 1.03 bits per heavy atom. The summed E-state index contributed by atoms with van der Waals surface area (Å²) in [5.41, 5.74) is 1.00. The first kappa shape index (κ1) is 24.8. The minimum atomic E-state index is -1.29. The molecule has 0 unspecified atom stereocenters. The van der Waals surface area contributed by atoms with Crippen LogP contribution in [0.2, 0.25) is 0 Å². The summed E-state index contributed by atoms with van der Waals surface area (Å²) in [6.07, 6.45) is -1.73. The molecule has 4 atom stereocenters. The monoisotopic (exact) mass is 505 g/mol. The number of fused-ring (bicyclic) bond motifs is 1. The van der Waals surface area contributed by atoms with Gasteiger partial charge in [-0.1, -0.05) is 60.7 Å². The number of aliphatic hydroxyl groups excluding tert-OH is 3. The molecule has 192 valence electrons. The molecule has 0 aliphatic carbocycles. The maximum absolute atomic E-state index is 13.4. The summed E-state index contributed by atoms with van der Waals surface area (Å²) in [6, 6.07) is 18.7. The van der Waals surface area contributed by atoms with Gasteiger partial charge >= 0.3 is 5.97 Å². The highest BCUT2D eigenvalue weighted by Gasteiger charge is 2.45. The number of esters is 1. The summed E-state index contributed by atoms with van der Waals surface area (Å²) in [5, 5.41) is 33.3. The van der Waals surface area contributed by atoms with E-state index in [1.165, 1.54) is 24.3 Å². The third-order valence-corrected chi connectivity index (χ3v) is 6.74. The maximum atomic E-state index is 13.4. The fourth-order valence-electron chi connectivity index (χ4n) is 4.79. The molecule has 1 fully saturated rings. The summed E-state index contributed by atoms with van der Waals surface area (Å²) in [4.78, 5) is 26.5. The van der Waals surface area contributed by atoms with Crippen LogP contribution >= 0.6 is 0 Å². The van der Waals surface area contributed by atoms with Crippen LogP contribution in [0, 0.1) is 0 Å². The molecule has 37 heavy (non-hydrogen) atoms. The second-order valence-electron chi connectivity index (χ2n) is 8.76. The first-order valence-electron chi connectivity index (χ1n) is 11.7. The van der Waals surface area contributed by atoms with Crippen molar-refractivity contribution in [2.75, 3.05) is 25.6 Å². The van der Waals surface area contributed by atoms with Crippen molar-refractivity contribution in [1.82, 2.24) is 19.5 Å². The van der Waals surface area contributed by atoms with Gasteiger partial charge in [-0.2, -0.15) is 0 Å². The number of methoxy groups -OCH3 is 1. The molecule has 5 rings (SSSR count). The van der Waals surface area contributed by atoms with Crippen molar-refractivity contribution >= 4 is 23.0 Å². The van der Waals surface area contributed by atoms with Crippen LogP contribution in [-0.2, 0) is 19.7 Å². The fourth-order valence-corrected chi connectivity index (χ4v) is 4.79. The first-order valence-corrected chi connectivity index (χ1v) is 11.7. The molecule has 0 amide bonds. The van der Waals surface area contributed by atoms with Gasteiger partial charge in [0.25, 0.3) is 0 Å². The van der Waals surface area contributed by atoms with Gasteiger partial charge in [-0.15, -0.1) is 0 Å². The third kappa shape index (κ3) is 4.21. The highest BCUT2D eigenvalue weighted by atomic mass is 16.6. The van der Waals surface area contributed by atoms with Crippen molar-refractivity contribution in [3.05, 3.63) is 84.4 Å². The fraction of sp³-hybridized carbons (Fsp3) is 0.308. The molecule has 11 nitrogen and oxygen atoms in total. The Morgan fingerprint density at radius 2 is 1.68 bits per heavy atom. The van der Waals surface area contributed by atoms with Crippen LogP contribution in [0.15, 0.2) is 73.3 Å². The summed E-state index contributed by atoms with van der Waals surface area (Å²) in [5.74, 6) is -0.0876. The van der Waals surface area contributed by atoms with Gasteiger partial charge in [0.2, 0.25) is 0 Å². The Morgan fingerprint density at radius 3 is 2.24 bits per heavy atom. The number of ether oxygens (including phenoxy) is 2. The van der Waals surface area contributed by atoms with Crippen LogP contribution < -0.4 is 5.32 Å². The van der Waals surface area contributed by atoms with E-state index in [4.69, 9.17) is 9.47 Å². The van der Waals surface area contributed by atoms with E-state index in [1.54, 1.807) is 0 Å². The molecule has 1 aliphatic rings. The molecule has 11 heteroatoms. The molecule has 0 bridgehead atoms. The number of imidazole rings is 1. The first-order chi connectivity index (χ1) is 18.0. The number of carbonyl (C=O) groups excluding carboxylic acids is 1.